The monoisotopic (exact) mass is 231 g/mol. The van der Waals surface area contributed by atoms with Crippen molar-refractivity contribution in [3.8, 4) is 0 Å². The minimum absolute atomic E-state index is 0.0846. The van der Waals surface area contributed by atoms with Crippen molar-refractivity contribution in [3.05, 3.63) is 0 Å². The average molecular weight is 231 g/mol. The number of ether oxygens (including phenoxy) is 2. The molecule has 1 aliphatic heterocycles. The Labute approximate surface area is 93.9 Å². The van der Waals surface area contributed by atoms with Gasteiger partial charge in [-0.25, -0.2) is 4.79 Å². The highest BCUT2D eigenvalue weighted by atomic mass is 16.5. The molecular weight excluding hydrogens is 214 g/mol. The zero-order valence-corrected chi connectivity index (χ0v) is 9.27. The molecule has 0 radical (unpaired) electrons. The summed E-state index contributed by atoms with van der Waals surface area (Å²) in [5, 5.41) is 11.8. The van der Waals surface area contributed by atoms with Crippen LogP contribution >= 0.6 is 0 Å². The van der Waals surface area contributed by atoms with Crippen LogP contribution in [0.4, 0.5) is 0 Å². The van der Waals surface area contributed by atoms with E-state index in [-0.39, 0.29) is 18.4 Å². The van der Waals surface area contributed by atoms with Gasteiger partial charge in [-0.1, -0.05) is 0 Å². The quantitative estimate of drug-likeness (QED) is 0.610. The largest absolute Gasteiger partial charge is 0.467 e. The van der Waals surface area contributed by atoms with Gasteiger partial charge in [0, 0.05) is 19.1 Å². The molecule has 0 spiro atoms. The number of nitrogens with one attached hydrogen (secondary N) is 1. The van der Waals surface area contributed by atoms with E-state index in [0.717, 1.165) is 0 Å². The number of methoxy groups -OCH3 is 1. The Morgan fingerprint density at radius 1 is 1.50 bits per heavy atom. The lowest BCUT2D eigenvalue weighted by molar-refractivity contribution is -0.150. The molecule has 6 nitrogen and oxygen atoms in total. The Morgan fingerprint density at radius 3 is 2.69 bits per heavy atom. The molecule has 0 aromatic rings. The van der Waals surface area contributed by atoms with Crippen molar-refractivity contribution in [2.45, 2.75) is 18.9 Å². The summed E-state index contributed by atoms with van der Waals surface area (Å²) in [4.78, 5) is 22.4. The van der Waals surface area contributed by atoms with E-state index in [1.54, 1.807) is 0 Å². The van der Waals surface area contributed by atoms with E-state index >= 15 is 0 Å². The van der Waals surface area contributed by atoms with Crippen molar-refractivity contribution in [1.82, 2.24) is 5.32 Å². The van der Waals surface area contributed by atoms with Gasteiger partial charge in [-0.15, -0.1) is 0 Å². The van der Waals surface area contributed by atoms with E-state index in [9.17, 15) is 14.7 Å². The maximum atomic E-state index is 11.6. The maximum absolute atomic E-state index is 11.6. The van der Waals surface area contributed by atoms with Gasteiger partial charge in [0.25, 0.3) is 0 Å². The van der Waals surface area contributed by atoms with Crippen LogP contribution in [-0.4, -0.2) is 50.0 Å². The summed E-state index contributed by atoms with van der Waals surface area (Å²) in [7, 11) is 1.19. The SMILES string of the molecule is COC(=O)C(O)CNC(=O)C1CCOCC1. The van der Waals surface area contributed by atoms with Crippen molar-refractivity contribution in [1.29, 1.82) is 0 Å². The Kier molecular flexibility index (Phi) is 5.21. The normalized spacial score (nSPS) is 18.9. The van der Waals surface area contributed by atoms with E-state index < -0.39 is 12.1 Å². The molecule has 1 fully saturated rings. The summed E-state index contributed by atoms with van der Waals surface area (Å²) in [5.74, 6) is -0.975. The summed E-state index contributed by atoms with van der Waals surface area (Å²) < 4.78 is 9.46. The van der Waals surface area contributed by atoms with Crippen molar-refractivity contribution in [3.63, 3.8) is 0 Å². The minimum atomic E-state index is -1.30. The number of carbonyl (C=O) groups excluding carboxylic acids is 2. The molecule has 2 N–H and O–H groups in total. The van der Waals surface area contributed by atoms with Crippen LogP contribution in [0.1, 0.15) is 12.8 Å². The molecule has 1 heterocycles. The lowest BCUT2D eigenvalue weighted by Gasteiger charge is -2.21. The van der Waals surface area contributed by atoms with Crippen LogP contribution in [-0.2, 0) is 19.1 Å². The van der Waals surface area contributed by atoms with E-state index in [2.05, 4.69) is 10.1 Å². The summed E-state index contributed by atoms with van der Waals surface area (Å²) in [5.41, 5.74) is 0. The van der Waals surface area contributed by atoms with Gasteiger partial charge in [0.05, 0.1) is 13.7 Å². The van der Waals surface area contributed by atoms with Crippen LogP contribution < -0.4 is 5.32 Å². The zero-order valence-electron chi connectivity index (χ0n) is 9.27. The second-order valence-electron chi connectivity index (χ2n) is 3.67. The summed E-state index contributed by atoms with van der Waals surface area (Å²) in [6.45, 7) is 1.05. The number of esters is 1. The molecule has 0 bridgehead atoms. The van der Waals surface area contributed by atoms with E-state index in [0.29, 0.717) is 26.1 Å². The van der Waals surface area contributed by atoms with Crippen LogP contribution in [0.2, 0.25) is 0 Å². The predicted molar refractivity (Wildman–Crippen MR) is 54.6 cm³/mol. The molecular formula is C10H17NO5. The number of hydrogen-bond acceptors (Lipinski definition) is 5. The van der Waals surface area contributed by atoms with Gasteiger partial charge in [0.15, 0.2) is 6.10 Å². The molecule has 0 aromatic carbocycles. The fourth-order valence-corrected chi connectivity index (χ4v) is 1.52. The van der Waals surface area contributed by atoms with Gasteiger partial charge in [0.2, 0.25) is 5.91 Å². The lowest BCUT2D eigenvalue weighted by atomic mass is 9.99. The smallest absolute Gasteiger partial charge is 0.336 e. The fourth-order valence-electron chi connectivity index (χ4n) is 1.52. The third kappa shape index (κ3) is 3.79. The average Bonchev–Trinajstić information content (AvgIpc) is 2.35. The molecule has 92 valence electrons. The first-order valence-electron chi connectivity index (χ1n) is 5.26. The van der Waals surface area contributed by atoms with Crippen molar-refractivity contribution in [2.24, 2.45) is 5.92 Å². The molecule has 1 unspecified atom stereocenters. The van der Waals surface area contributed by atoms with E-state index in [4.69, 9.17) is 4.74 Å². The van der Waals surface area contributed by atoms with E-state index in [1.807, 2.05) is 0 Å². The first kappa shape index (κ1) is 12.9. The van der Waals surface area contributed by atoms with Gasteiger partial charge in [0.1, 0.15) is 0 Å². The number of amides is 1. The van der Waals surface area contributed by atoms with Crippen molar-refractivity contribution in [2.75, 3.05) is 26.9 Å². The lowest BCUT2D eigenvalue weighted by Crippen LogP contribution is -2.41. The van der Waals surface area contributed by atoms with Crippen LogP contribution in [0, 0.1) is 5.92 Å². The Balaban J connectivity index is 2.26. The second kappa shape index (κ2) is 6.44. The third-order valence-corrected chi connectivity index (χ3v) is 2.53. The van der Waals surface area contributed by atoms with Crippen molar-refractivity contribution < 1.29 is 24.2 Å². The van der Waals surface area contributed by atoms with Gasteiger partial charge < -0.3 is 19.9 Å². The summed E-state index contributed by atoms with van der Waals surface area (Å²) in [6, 6.07) is 0. The Hall–Kier alpha value is -1.14. The highest BCUT2D eigenvalue weighted by Crippen LogP contribution is 2.14. The molecule has 1 rings (SSSR count). The first-order valence-corrected chi connectivity index (χ1v) is 5.26. The molecule has 1 saturated heterocycles. The summed E-state index contributed by atoms with van der Waals surface area (Å²) in [6.07, 6.45) is 0.0640. The van der Waals surface area contributed by atoms with Crippen molar-refractivity contribution >= 4 is 11.9 Å². The summed E-state index contributed by atoms with van der Waals surface area (Å²) >= 11 is 0. The van der Waals surface area contributed by atoms with E-state index in [1.165, 1.54) is 7.11 Å². The number of rotatable bonds is 4. The van der Waals surface area contributed by atoms with Crippen LogP contribution in [0.25, 0.3) is 0 Å². The number of aliphatic hydroxyl groups excluding tert-OH is 1. The topological polar surface area (TPSA) is 84.9 Å². The van der Waals surface area contributed by atoms with Gasteiger partial charge in [-0.3, -0.25) is 4.79 Å². The molecule has 1 amide bonds. The van der Waals surface area contributed by atoms with Crippen LogP contribution in [0.15, 0.2) is 0 Å². The fraction of sp³-hybridized carbons (Fsp3) is 0.800. The Bertz CT molecular complexity index is 250. The number of carbonyl (C=O) groups is 2. The molecule has 16 heavy (non-hydrogen) atoms. The third-order valence-electron chi connectivity index (χ3n) is 2.53. The molecule has 6 heteroatoms. The molecule has 1 atom stereocenters. The highest BCUT2D eigenvalue weighted by molar-refractivity contribution is 5.80. The second-order valence-corrected chi connectivity index (χ2v) is 3.67. The molecule has 0 aromatic heterocycles. The maximum Gasteiger partial charge on any atom is 0.336 e. The number of hydrogen-bond donors (Lipinski definition) is 2. The first-order chi connectivity index (χ1) is 7.65. The van der Waals surface area contributed by atoms with Crippen LogP contribution in [0.3, 0.4) is 0 Å². The predicted octanol–water partition coefficient (Wildman–Crippen LogP) is -0.937. The standard InChI is InChI=1S/C10H17NO5/c1-15-10(14)8(12)6-11-9(13)7-2-4-16-5-3-7/h7-8,12H,2-6H2,1H3,(H,11,13). The zero-order chi connectivity index (χ0) is 12.0. The highest BCUT2D eigenvalue weighted by Gasteiger charge is 2.23. The van der Waals surface area contributed by atoms with Gasteiger partial charge in [-0.05, 0) is 12.8 Å². The molecule has 0 saturated carbocycles. The van der Waals surface area contributed by atoms with Crippen LogP contribution in [0.5, 0.6) is 0 Å². The van der Waals surface area contributed by atoms with Gasteiger partial charge >= 0.3 is 5.97 Å². The number of aliphatic hydroxyl groups is 1. The van der Waals surface area contributed by atoms with Gasteiger partial charge in [-0.2, -0.15) is 0 Å². The molecule has 1 aliphatic rings. The Morgan fingerprint density at radius 2 is 2.12 bits per heavy atom. The molecule has 0 aliphatic carbocycles. The minimum Gasteiger partial charge on any atom is -0.467 e.